The average molecular weight is 727 g/mol. The fraction of sp³-hybridized carbons (Fsp3) is 0.696. The molecule has 6 nitrogen and oxygen atoms in total. The number of unbranched alkanes of at least 4 members (excludes halogenated alkanes) is 14. The molecule has 0 aromatic rings. The number of allylic oxidation sites excluding steroid dienone is 10. The van der Waals surface area contributed by atoms with Crippen LogP contribution in [0.15, 0.2) is 72.9 Å². The van der Waals surface area contributed by atoms with Crippen molar-refractivity contribution in [3.05, 3.63) is 72.9 Å². The Morgan fingerprint density at radius 2 is 1.12 bits per heavy atom. The van der Waals surface area contributed by atoms with E-state index in [2.05, 4.69) is 57.2 Å². The first-order valence-electron chi connectivity index (χ1n) is 21.0. The summed E-state index contributed by atoms with van der Waals surface area (Å²) in [7, 11) is 0. The Labute approximate surface area is 319 Å². The topological polar surface area (TPSA) is 93.1 Å². The average Bonchev–Trinajstić information content (AvgIpc) is 3.12. The van der Waals surface area contributed by atoms with E-state index in [0.29, 0.717) is 19.3 Å². The second-order valence-electron chi connectivity index (χ2n) is 14.4. The van der Waals surface area contributed by atoms with E-state index in [1.54, 1.807) is 6.08 Å². The van der Waals surface area contributed by atoms with Crippen LogP contribution in [-0.2, 0) is 19.1 Å². The summed E-state index contributed by atoms with van der Waals surface area (Å²) in [6.07, 6.45) is 48.8. The molecule has 0 aliphatic carbocycles. The van der Waals surface area contributed by atoms with Crippen molar-refractivity contribution in [3.63, 3.8) is 0 Å². The number of hydrogen-bond acceptors (Lipinski definition) is 6. The maximum absolute atomic E-state index is 12.2. The van der Waals surface area contributed by atoms with Crippen LogP contribution in [0.4, 0.5) is 0 Å². The number of ether oxygens (including phenoxy) is 2. The normalized spacial score (nSPS) is 13.7. The quantitative estimate of drug-likeness (QED) is 0.0289. The van der Waals surface area contributed by atoms with Gasteiger partial charge in [-0.1, -0.05) is 190 Å². The Morgan fingerprint density at radius 3 is 1.65 bits per heavy atom. The van der Waals surface area contributed by atoms with Gasteiger partial charge in [0.2, 0.25) is 0 Å². The highest BCUT2D eigenvalue weighted by atomic mass is 16.6. The predicted molar refractivity (Wildman–Crippen MR) is 220 cm³/mol. The van der Waals surface area contributed by atoms with Crippen molar-refractivity contribution in [3.8, 4) is 0 Å². The zero-order chi connectivity index (χ0) is 38.2. The van der Waals surface area contributed by atoms with Crippen LogP contribution in [0, 0.1) is 5.92 Å². The molecule has 0 rings (SSSR count). The van der Waals surface area contributed by atoms with Gasteiger partial charge in [-0.25, -0.2) is 0 Å². The summed E-state index contributed by atoms with van der Waals surface area (Å²) in [5.41, 5.74) is 0. The van der Waals surface area contributed by atoms with Gasteiger partial charge in [-0.3, -0.25) is 9.59 Å². The molecule has 0 aliphatic heterocycles. The van der Waals surface area contributed by atoms with Crippen LogP contribution in [0.1, 0.15) is 175 Å². The maximum atomic E-state index is 12.2. The van der Waals surface area contributed by atoms with Crippen LogP contribution in [0.3, 0.4) is 0 Å². The molecule has 0 saturated heterocycles. The largest absolute Gasteiger partial charge is 0.462 e. The highest BCUT2D eigenvalue weighted by molar-refractivity contribution is 5.70. The van der Waals surface area contributed by atoms with Crippen molar-refractivity contribution >= 4 is 11.9 Å². The third-order valence-electron chi connectivity index (χ3n) is 8.79. The molecule has 0 amide bonds. The lowest BCUT2D eigenvalue weighted by atomic mass is 10.0. The SMILES string of the molecule is CC/C=C\CC(O)/C=C/C=C/C/C=C\C/C=C\C/C=C\CCC(=O)O[C@@H](CO)COC(=O)CCCCCCCCCCCCCCCCCC(C)C. The van der Waals surface area contributed by atoms with Crippen molar-refractivity contribution in [2.45, 2.75) is 187 Å². The molecule has 0 fully saturated rings. The molecule has 0 aliphatic rings. The highest BCUT2D eigenvalue weighted by Gasteiger charge is 2.15. The summed E-state index contributed by atoms with van der Waals surface area (Å²) < 4.78 is 10.5. The van der Waals surface area contributed by atoms with E-state index < -0.39 is 18.2 Å². The summed E-state index contributed by atoms with van der Waals surface area (Å²) in [5.74, 6) is 0.137. The van der Waals surface area contributed by atoms with Gasteiger partial charge in [0.15, 0.2) is 6.10 Å². The van der Waals surface area contributed by atoms with Gasteiger partial charge >= 0.3 is 11.9 Å². The molecule has 2 N–H and O–H groups in total. The van der Waals surface area contributed by atoms with E-state index in [0.717, 1.165) is 50.9 Å². The lowest BCUT2D eigenvalue weighted by molar-refractivity contribution is -0.161. The molecule has 0 saturated carbocycles. The molecule has 298 valence electrons. The summed E-state index contributed by atoms with van der Waals surface area (Å²) in [5, 5.41) is 19.4. The molecule has 0 aromatic carbocycles. The molecule has 0 radical (unpaired) electrons. The molecule has 2 atom stereocenters. The molecular weight excluding hydrogens is 648 g/mol. The lowest BCUT2D eigenvalue weighted by Gasteiger charge is -2.15. The van der Waals surface area contributed by atoms with Gasteiger partial charge in [-0.2, -0.15) is 0 Å². The Balaban J connectivity index is 3.71. The minimum absolute atomic E-state index is 0.108. The van der Waals surface area contributed by atoms with Crippen LogP contribution < -0.4 is 0 Å². The lowest BCUT2D eigenvalue weighted by Crippen LogP contribution is -2.28. The molecule has 0 heterocycles. The van der Waals surface area contributed by atoms with E-state index in [1.807, 2.05) is 30.4 Å². The molecule has 52 heavy (non-hydrogen) atoms. The summed E-state index contributed by atoms with van der Waals surface area (Å²) >= 11 is 0. The number of hydrogen-bond donors (Lipinski definition) is 2. The van der Waals surface area contributed by atoms with E-state index in [9.17, 15) is 19.8 Å². The molecule has 0 aromatic heterocycles. The maximum Gasteiger partial charge on any atom is 0.306 e. The van der Waals surface area contributed by atoms with Gasteiger partial charge in [0.05, 0.1) is 12.7 Å². The van der Waals surface area contributed by atoms with Crippen LogP contribution >= 0.6 is 0 Å². The van der Waals surface area contributed by atoms with Crippen molar-refractivity contribution in [1.82, 2.24) is 0 Å². The van der Waals surface area contributed by atoms with Gasteiger partial charge in [-0.05, 0) is 50.9 Å². The van der Waals surface area contributed by atoms with E-state index in [1.165, 1.54) is 83.5 Å². The summed E-state index contributed by atoms with van der Waals surface area (Å²) in [6.45, 7) is 6.22. The van der Waals surface area contributed by atoms with Crippen molar-refractivity contribution in [1.29, 1.82) is 0 Å². The Kier molecular flexibility index (Phi) is 37.5. The Bertz CT molecular complexity index is 989. The number of carbonyl (C=O) groups is 2. The zero-order valence-corrected chi connectivity index (χ0v) is 33.6. The first kappa shape index (κ1) is 49.3. The zero-order valence-electron chi connectivity index (χ0n) is 33.6. The van der Waals surface area contributed by atoms with Crippen LogP contribution in [0.5, 0.6) is 0 Å². The second-order valence-corrected chi connectivity index (χ2v) is 14.4. The third kappa shape index (κ3) is 38.5. The van der Waals surface area contributed by atoms with Gasteiger partial charge in [0, 0.05) is 12.8 Å². The van der Waals surface area contributed by atoms with Gasteiger partial charge in [-0.15, -0.1) is 0 Å². The van der Waals surface area contributed by atoms with E-state index >= 15 is 0 Å². The van der Waals surface area contributed by atoms with Crippen LogP contribution in [0.2, 0.25) is 0 Å². The van der Waals surface area contributed by atoms with Gasteiger partial charge < -0.3 is 19.7 Å². The summed E-state index contributed by atoms with van der Waals surface area (Å²) in [6, 6.07) is 0. The highest BCUT2D eigenvalue weighted by Crippen LogP contribution is 2.15. The minimum atomic E-state index is -0.825. The number of carbonyl (C=O) groups excluding carboxylic acids is 2. The van der Waals surface area contributed by atoms with Crippen molar-refractivity contribution in [2.75, 3.05) is 13.2 Å². The standard InChI is InChI=1S/C46H78O6/c1-4-5-30-36-43(48)37-32-27-23-19-15-11-9-13-17-21-25-29-34-39-46(50)52-44(40-47)41-51-45(49)38-33-28-24-20-16-12-8-6-7-10-14-18-22-26-31-35-42(2)3/h5,11,13,15,17,23,25,27,29-30,32,37,42-44,47-48H,4,6-10,12,14,16,18-22,24,26,28,31,33-36,38-41H2,1-3H3/b15-11-,17-13-,27-23+,29-25-,30-5-,37-32+/t43?,44-/m0/s1. The smallest absolute Gasteiger partial charge is 0.306 e. The van der Waals surface area contributed by atoms with Crippen LogP contribution in [0.25, 0.3) is 0 Å². The number of esters is 2. The summed E-state index contributed by atoms with van der Waals surface area (Å²) in [4.78, 5) is 24.3. The number of aliphatic hydroxyl groups is 2. The Hall–Kier alpha value is -2.70. The monoisotopic (exact) mass is 727 g/mol. The van der Waals surface area contributed by atoms with Crippen LogP contribution in [-0.4, -0.2) is 47.6 Å². The molecular formula is C46H78O6. The molecule has 0 spiro atoms. The predicted octanol–water partition coefficient (Wildman–Crippen LogP) is 12.2. The molecule has 0 bridgehead atoms. The second kappa shape index (κ2) is 39.5. The van der Waals surface area contributed by atoms with Crippen molar-refractivity contribution < 1.29 is 29.3 Å². The Morgan fingerprint density at radius 1 is 0.596 bits per heavy atom. The fourth-order valence-electron chi connectivity index (χ4n) is 5.61. The van der Waals surface area contributed by atoms with Gasteiger partial charge in [0.1, 0.15) is 6.61 Å². The number of rotatable bonds is 36. The van der Waals surface area contributed by atoms with Crippen molar-refractivity contribution in [2.24, 2.45) is 5.92 Å². The fourth-order valence-corrected chi connectivity index (χ4v) is 5.61. The molecule has 6 heteroatoms. The van der Waals surface area contributed by atoms with E-state index in [4.69, 9.17) is 9.47 Å². The first-order chi connectivity index (χ1) is 25.4. The minimum Gasteiger partial charge on any atom is -0.462 e. The third-order valence-corrected chi connectivity index (χ3v) is 8.79. The van der Waals surface area contributed by atoms with Gasteiger partial charge in [0.25, 0.3) is 0 Å². The first-order valence-corrected chi connectivity index (χ1v) is 21.0. The molecule has 1 unspecified atom stereocenters. The van der Waals surface area contributed by atoms with E-state index in [-0.39, 0.29) is 25.6 Å². The number of aliphatic hydroxyl groups excluding tert-OH is 2.